The number of anilines is 1. The standard InChI is InChI=1S/C19H21NO2/c1-19(2,3)13-6-8-14(9-7-13)20-17(21)15-11-4-5-12(10-11)16(15)18(20)22/h4-9,11-12,15-16H,10H2,1-3H3. The molecule has 0 radical (unpaired) electrons. The van der Waals surface area contributed by atoms with Crippen LogP contribution < -0.4 is 4.90 Å². The van der Waals surface area contributed by atoms with Crippen LogP contribution in [-0.4, -0.2) is 11.8 Å². The minimum Gasteiger partial charge on any atom is -0.274 e. The van der Waals surface area contributed by atoms with Crippen molar-refractivity contribution in [1.82, 2.24) is 0 Å². The SMILES string of the molecule is CC(C)(C)c1ccc(N2C(=O)C3C4C=CC(C4)C3C2=O)cc1. The summed E-state index contributed by atoms with van der Waals surface area (Å²) in [5.41, 5.74) is 1.99. The van der Waals surface area contributed by atoms with E-state index in [-0.39, 0.29) is 40.9 Å². The van der Waals surface area contributed by atoms with E-state index in [0.717, 1.165) is 12.1 Å². The Labute approximate surface area is 131 Å². The molecule has 0 N–H and O–H groups in total. The lowest BCUT2D eigenvalue weighted by Crippen LogP contribution is -2.32. The molecule has 22 heavy (non-hydrogen) atoms. The molecule has 1 heterocycles. The van der Waals surface area contributed by atoms with Gasteiger partial charge in [-0.05, 0) is 41.4 Å². The Balaban J connectivity index is 1.67. The summed E-state index contributed by atoms with van der Waals surface area (Å²) in [4.78, 5) is 26.9. The van der Waals surface area contributed by atoms with Crippen molar-refractivity contribution in [3.05, 3.63) is 42.0 Å². The first-order chi connectivity index (χ1) is 10.4. The van der Waals surface area contributed by atoms with Crippen molar-refractivity contribution in [2.45, 2.75) is 32.6 Å². The molecule has 2 fully saturated rings. The third-order valence-corrected chi connectivity index (χ3v) is 5.46. The maximum absolute atomic E-state index is 12.7. The van der Waals surface area contributed by atoms with Crippen LogP contribution in [0.25, 0.3) is 0 Å². The van der Waals surface area contributed by atoms with Gasteiger partial charge >= 0.3 is 0 Å². The van der Waals surface area contributed by atoms with Crippen LogP contribution in [0.2, 0.25) is 0 Å². The fourth-order valence-electron chi connectivity index (χ4n) is 4.27. The van der Waals surface area contributed by atoms with Crippen molar-refractivity contribution in [2.24, 2.45) is 23.7 Å². The molecule has 0 aromatic heterocycles. The molecule has 4 unspecified atom stereocenters. The van der Waals surface area contributed by atoms with Crippen molar-refractivity contribution in [1.29, 1.82) is 0 Å². The molecule has 3 nitrogen and oxygen atoms in total. The van der Waals surface area contributed by atoms with Crippen LogP contribution in [0.1, 0.15) is 32.8 Å². The number of nitrogens with zero attached hydrogens (tertiary/aromatic N) is 1. The zero-order valence-corrected chi connectivity index (χ0v) is 13.2. The first kappa shape index (κ1) is 13.7. The summed E-state index contributed by atoms with van der Waals surface area (Å²) in [7, 11) is 0. The van der Waals surface area contributed by atoms with E-state index in [2.05, 4.69) is 32.9 Å². The van der Waals surface area contributed by atoms with Gasteiger partial charge < -0.3 is 0 Å². The molecule has 114 valence electrons. The van der Waals surface area contributed by atoms with Crippen molar-refractivity contribution in [3.8, 4) is 0 Å². The predicted octanol–water partition coefficient (Wildman–Crippen LogP) is 3.30. The van der Waals surface area contributed by atoms with E-state index in [1.54, 1.807) is 0 Å². The normalized spacial score (nSPS) is 33.0. The van der Waals surface area contributed by atoms with E-state index in [9.17, 15) is 9.59 Å². The fraction of sp³-hybridized carbons (Fsp3) is 0.474. The second kappa shape index (κ2) is 4.31. The summed E-state index contributed by atoms with van der Waals surface area (Å²) in [5, 5.41) is 0. The van der Waals surface area contributed by atoms with Gasteiger partial charge in [-0.25, -0.2) is 0 Å². The largest absolute Gasteiger partial charge is 0.274 e. The Kier molecular flexibility index (Phi) is 2.69. The maximum Gasteiger partial charge on any atom is 0.238 e. The van der Waals surface area contributed by atoms with E-state index >= 15 is 0 Å². The summed E-state index contributed by atoms with van der Waals surface area (Å²) >= 11 is 0. The highest BCUT2D eigenvalue weighted by Crippen LogP contribution is 2.53. The van der Waals surface area contributed by atoms with Crippen LogP contribution in [0.5, 0.6) is 0 Å². The molecule has 1 aromatic carbocycles. The molecule has 1 aliphatic heterocycles. The van der Waals surface area contributed by atoms with E-state index in [1.807, 2.05) is 24.3 Å². The van der Waals surface area contributed by atoms with Crippen LogP contribution in [0.3, 0.4) is 0 Å². The smallest absolute Gasteiger partial charge is 0.238 e. The second-order valence-corrected chi connectivity index (χ2v) is 7.81. The number of carbonyl (C=O) groups excluding carboxylic acids is 2. The van der Waals surface area contributed by atoms with Crippen molar-refractivity contribution < 1.29 is 9.59 Å². The molecular weight excluding hydrogens is 274 g/mol. The number of hydrogen-bond acceptors (Lipinski definition) is 2. The van der Waals surface area contributed by atoms with Crippen LogP contribution in [-0.2, 0) is 15.0 Å². The zero-order chi connectivity index (χ0) is 15.6. The lowest BCUT2D eigenvalue weighted by Gasteiger charge is -2.21. The van der Waals surface area contributed by atoms with Crippen molar-refractivity contribution in [3.63, 3.8) is 0 Å². The molecule has 3 aliphatic rings. The Bertz CT molecular complexity index is 650. The van der Waals surface area contributed by atoms with Gasteiger partial charge in [0.1, 0.15) is 0 Å². The number of carbonyl (C=O) groups is 2. The summed E-state index contributed by atoms with van der Waals surface area (Å²) < 4.78 is 0. The summed E-state index contributed by atoms with van der Waals surface area (Å²) in [6.45, 7) is 6.46. The average Bonchev–Trinajstić information content (AvgIpc) is 3.12. The van der Waals surface area contributed by atoms with Gasteiger partial charge in [0.15, 0.2) is 0 Å². The molecule has 0 spiro atoms. The highest BCUT2D eigenvalue weighted by molar-refractivity contribution is 6.22. The third-order valence-electron chi connectivity index (χ3n) is 5.46. The molecular formula is C19H21NO2. The molecule has 1 saturated heterocycles. The predicted molar refractivity (Wildman–Crippen MR) is 85.4 cm³/mol. The Morgan fingerprint density at radius 1 is 0.909 bits per heavy atom. The minimum absolute atomic E-state index is 0.00430. The molecule has 1 aromatic rings. The van der Waals surface area contributed by atoms with Crippen LogP contribution in [0, 0.1) is 23.7 Å². The monoisotopic (exact) mass is 295 g/mol. The van der Waals surface area contributed by atoms with Gasteiger partial charge in [-0.2, -0.15) is 0 Å². The lowest BCUT2D eigenvalue weighted by molar-refractivity contribution is -0.123. The molecule has 2 aliphatic carbocycles. The van der Waals surface area contributed by atoms with E-state index in [1.165, 1.54) is 10.5 Å². The zero-order valence-electron chi connectivity index (χ0n) is 13.2. The molecule has 1 saturated carbocycles. The Hall–Kier alpha value is -1.90. The van der Waals surface area contributed by atoms with Gasteiger partial charge in [-0.15, -0.1) is 0 Å². The number of rotatable bonds is 1. The van der Waals surface area contributed by atoms with E-state index in [0.29, 0.717) is 0 Å². The van der Waals surface area contributed by atoms with Gasteiger partial charge in [0.2, 0.25) is 11.8 Å². The first-order valence-electron chi connectivity index (χ1n) is 8.04. The van der Waals surface area contributed by atoms with E-state index < -0.39 is 0 Å². The average molecular weight is 295 g/mol. The van der Waals surface area contributed by atoms with Crippen molar-refractivity contribution in [2.75, 3.05) is 4.90 Å². The quantitative estimate of drug-likeness (QED) is 0.589. The topological polar surface area (TPSA) is 37.4 Å². The van der Waals surface area contributed by atoms with Gasteiger partial charge in [-0.3, -0.25) is 14.5 Å². The van der Waals surface area contributed by atoms with Crippen LogP contribution >= 0.6 is 0 Å². The highest BCUT2D eigenvalue weighted by Gasteiger charge is 2.59. The molecule has 4 rings (SSSR count). The minimum atomic E-state index is -0.121. The molecule has 2 bridgehead atoms. The number of hydrogen-bond donors (Lipinski definition) is 0. The molecule has 4 atom stereocenters. The van der Waals surface area contributed by atoms with Gasteiger partial charge in [0, 0.05) is 0 Å². The first-order valence-corrected chi connectivity index (χ1v) is 8.04. The van der Waals surface area contributed by atoms with Crippen LogP contribution in [0.15, 0.2) is 36.4 Å². The van der Waals surface area contributed by atoms with Crippen LogP contribution in [0.4, 0.5) is 5.69 Å². The molecule has 2 amide bonds. The third kappa shape index (κ3) is 1.74. The number of allylic oxidation sites excluding steroid dienone is 2. The van der Waals surface area contributed by atoms with Gasteiger partial charge in [-0.1, -0.05) is 45.1 Å². The number of amides is 2. The van der Waals surface area contributed by atoms with E-state index in [4.69, 9.17) is 0 Å². The van der Waals surface area contributed by atoms with Gasteiger partial charge in [0.05, 0.1) is 17.5 Å². The number of fused-ring (bicyclic) bond motifs is 5. The molecule has 3 heteroatoms. The summed E-state index contributed by atoms with van der Waals surface area (Å²) in [6.07, 6.45) is 5.23. The second-order valence-electron chi connectivity index (χ2n) is 7.81. The Morgan fingerprint density at radius 2 is 1.41 bits per heavy atom. The van der Waals surface area contributed by atoms with Crippen molar-refractivity contribution >= 4 is 17.5 Å². The fourth-order valence-corrected chi connectivity index (χ4v) is 4.27. The maximum atomic E-state index is 12.7. The van der Waals surface area contributed by atoms with Gasteiger partial charge in [0.25, 0.3) is 0 Å². The summed E-state index contributed by atoms with van der Waals surface area (Å²) in [5.74, 6) is 0.288. The Morgan fingerprint density at radius 3 is 1.86 bits per heavy atom. The number of imide groups is 1. The highest BCUT2D eigenvalue weighted by atomic mass is 16.2. The summed E-state index contributed by atoms with van der Waals surface area (Å²) in [6, 6.07) is 7.87. The number of benzene rings is 1. The lowest BCUT2D eigenvalue weighted by atomic mass is 9.85.